The quantitative estimate of drug-likeness (QED) is 0.203. The molecule has 2 bridgehead atoms. The Morgan fingerprint density at radius 1 is 0.913 bits per heavy atom. The van der Waals surface area contributed by atoms with Gasteiger partial charge in [0.05, 0.1) is 86.2 Å². The Balaban J connectivity index is 1.28. The van der Waals surface area contributed by atoms with E-state index in [1.807, 2.05) is 39.0 Å². The lowest BCUT2D eigenvalue weighted by Crippen LogP contribution is -2.63. The SMILES string of the molecule is CO[C@@H]1[C@H](O)[C@@H](C)O[C@@H](OC[C@H]2/C=C(C)/C=C/C(=O)[C@H](C)CC3CCOC/C(=N\OCc4ccc(-c5cnccn5)s4)CO[C@H](CC(=O)OC2)[C@H](C)[C@H]3O[C@@H]2O[C@H](C)[C@@H](O)[C@H](N(C)C)[C@H]2O)[C@@H]1OC. The molecule has 16 atom stereocenters. The van der Waals surface area contributed by atoms with Crippen LogP contribution in [0.15, 0.2) is 59.7 Å². The van der Waals surface area contributed by atoms with Crippen molar-refractivity contribution in [2.24, 2.45) is 28.8 Å². The van der Waals surface area contributed by atoms with Crippen LogP contribution in [0.5, 0.6) is 0 Å². The molecule has 0 aromatic carbocycles. The largest absolute Gasteiger partial charge is 0.465 e. The fourth-order valence-electron chi connectivity index (χ4n) is 9.31. The van der Waals surface area contributed by atoms with Crippen LogP contribution in [-0.2, 0) is 63.7 Å². The van der Waals surface area contributed by atoms with Crippen molar-refractivity contribution in [2.75, 3.05) is 61.3 Å². The minimum absolute atomic E-state index is 0.0260. The number of oxime groups is 1. The number of ketones is 1. The Kier molecular flexibility index (Phi) is 20.8. The number of allylic oxidation sites excluding steroid dienone is 3. The van der Waals surface area contributed by atoms with Gasteiger partial charge >= 0.3 is 5.97 Å². The van der Waals surface area contributed by atoms with Gasteiger partial charge in [-0.05, 0) is 71.8 Å². The van der Waals surface area contributed by atoms with Gasteiger partial charge in [-0.2, -0.15) is 0 Å². The molecule has 0 radical (unpaired) electrons. The minimum atomic E-state index is -1.26. The van der Waals surface area contributed by atoms with Crippen LogP contribution in [0.3, 0.4) is 0 Å². The summed E-state index contributed by atoms with van der Waals surface area (Å²) < 4.78 is 55.4. The maximum absolute atomic E-state index is 14.1. The molecule has 384 valence electrons. The molecule has 3 fully saturated rings. The zero-order valence-corrected chi connectivity index (χ0v) is 42.0. The lowest BCUT2D eigenvalue weighted by molar-refractivity contribution is -0.305. The predicted molar refractivity (Wildman–Crippen MR) is 253 cm³/mol. The second-order valence-corrected chi connectivity index (χ2v) is 19.9. The van der Waals surface area contributed by atoms with Crippen LogP contribution < -0.4 is 0 Å². The number of cyclic esters (lactones) is 1. The molecule has 0 spiro atoms. The van der Waals surface area contributed by atoms with E-state index in [4.69, 9.17) is 47.5 Å². The van der Waals surface area contributed by atoms with Gasteiger partial charge in [-0.1, -0.05) is 36.7 Å². The molecule has 2 aromatic heterocycles. The summed E-state index contributed by atoms with van der Waals surface area (Å²) in [5.41, 5.74) is 1.93. The number of aromatic nitrogens is 2. The summed E-state index contributed by atoms with van der Waals surface area (Å²) in [6.45, 7) is 9.41. The smallest absolute Gasteiger partial charge is 0.308 e. The number of likely N-dealkylation sites (N-methyl/N-ethyl adjacent to an activating group) is 1. The fourth-order valence-corrected chi connectivity index (χ4v) is 10.2. The first-order valence-electron chi connectivity index (χ1n) is 23.7. The number of thiophene rings is 1. The van der Waals surface area contributed by atoms with Crippen molar-refractivity contribution in [1.82, 2.24) is 14.9 Å². The predicted octanol–water partition coefficient (Wildman–Crippen LogP) is 3.73. The lowest BCUT2D eigenvalue weighted by Gasteiger charge is -2.47. The zero-order valence-electron chi connectivity index (χ0n) is 41.2. The molecule has 69 heavy (non-hydrogen) atoms. The molecule has 3 saturated heterocycles. The van der Waals surface area contributed by atoms with Crippen LogP contribution in [0.2, 0.25) is 0 Å². The molecular formula is C49H72N4O15S. The van der Waals surface area contributed by atoms with Gasteiger partial charge in [0.1, 0.15) is 30.1 Å². The van der Waals surface area contributed by atoms with Crippen molar-refractivity contribution in [3.8, 4) is 10.6 Å². The number of carbonyl (C=O) groups is 2. The van der Waals surface area contributed by atoms with Crippen molar-refractivity contribution in [2.45, 2.75) is 134 Å². The zero-order chi connectivity index (χ0) is 49.8. The van der Waals surface area contributed by atoms with E-state index in [0.29, 0.717) is 18.6 Å². The van der Waals surface area contributed by atoms with Gasteiger partial charge < -0.3 is 67.7 Å². The van der Waals surface area contributed by atoms with Crippen LogP contribution in [0, 0.1) is 23.7 Å². The molecule has 3 N–H and O–H groups in total. The van der Waals surface area contributed by atoms with E-state index in [1.165, 1.54) is 25.6 Å². The van der Waals surface area contributed by atoms with E-state index < -0.39 is 97.3 Å². The lowest BCUT2D eigenvalue weighted by atomic mass is 9.79. The van der Waals surface area contributed by atoms with Gasteiger partial charge in [-0.15, -0.1) is 11.3 Å². The van der Waals surface area contributed by atoms with Gasteiger partial charge in [0.15, 0.2) is 25.0 Å². The second kappa shape index (κ2) is 26.2. The fraction of sp³-hybridized carbons (Fsp3) is 0.694. The van der Waals surface area contributed by atoms with Gasteiger partial charge in [-0.25, -0.2) is 0 Å². The van der Waals surface area contributed by atoms with Crippen molar-refractivity contribution in [1.29, 1.82) is 0 Å². The first-order chi connectivity index (χ1) is 33.1. The van der Waals surface area contributed by atoms with E-state index >= 15 is 0 Å². The Morgan fingerprint density at radius 2 is 1.67 bits per heavy atom. The summed E-state index contributed by atoms with van der Waals surface area (Å²) in [5.74, 6) is -2.59. The highest BCUT2D eigenvalue weighted by molar-refractivity contribution is 7.15. The minimum Gasteiger partial charge on any atom is -0.465 e. The average Bonchev–Trinajstić information content (AvgIpc) is 3.80. The van der Waals surface area contributed by atoms with Crippen molar-refractivity contribution in [3.63, 3.8) is 0 Å². The topological polar surface area (TPSA) is 229 Å². The van der Waals surface area contributed by atoms with E-state index in [9.17, 15) is 24.9 Å². The molecule has 19 nitrogen and oxygen atoms in total. The highest BCUT2D eigenvalue weighted by atomic mass is 32.1. The molecular weight excluding hydrogens is 917 g/mol. The summed E-state index contributed by atoms with van der Waals surface area (Å²) in [4.78, 5) is 46.1. The number of hydrogen-bond donors (Lipinski definition) is 3. The number of carbonyl (C=O) groups excluding carboxylic acids is 2. The third-order valence-corrected chi connectivity index (χ3v) is 14.3. The molecule has 0 amide bonds. The monoisotopic (exact) mass is 988 g/mol. The van der Waals surface area contributed by atoms with Crippen molar-refractivity contribution < 1.29 is 72.4 Å². The summed E-state index contributed by atoms with van der Waals surface area (Å²) in [6.07, 6.45) is 1.01. The van der Waals surface area contributed by atoms with Crippen molar-refractivity contribution in [3.05, 3.63) is 59.4 Å². The third kappa shape index (κ3) is 14.7. The number of rotatable bonds is 12. The standard InChI is InChI=1S/C49H72N4O15S/c1-27-10-12-37(54)28(2)19-33-14-17-61-24-34(52-65-26-35-11-13-39(69-35)36-21-50-15-16-51-36)25-62-38(29(3)45(33)68-48-44(58)41(53(6)7)42(56)30(4)66-48)20-40(55)63-22-32(18-27)23-64-49-47(60-9)46(59-8)43(57)31(5)67-49/h10-13,15-16,18,21,28-33,38,41-49,56-58H,14,17,19-20,22-26H2,1-9H3/b12-10+,27-18+,52-34+/t28-,29+,30-,31-,32+,33?,38-,41+,42-,43-,44-,45-,46-,47-,48+,49-/m1/s1. The Morgan fingerprint density at radius 3 is 2.39 bits per heavy atom. The number of aliphatic hydroxyl groups excluding tert-OH is 3. The molecule has 20 heteroatoms. The molecule has 4 aliphatic rings. The Hall–Kier alpha value is -3.61. The number of fused-ring (bicyclic) bond motifs is 3. The van der Waals surface area contributed by atoms with E-state index in [0.717, 1.165) is 21.0 Å². The van der Waals surface area contributed by atoms with E-state index in [-0.39, 0.29) is 57.8 Å². The van der Waals surface area contributed by atoms with Crippen molar-refractivity contribution >= 4 is 28.8 Å². The van der Waals surface area contributed by atoms with Crippen LogP contribution >= 0.6 is 11.3 Å². The first-order valence-corrected chi connectivity index (χ1v) is 24.5. The normalized spacial score (nSPS) is 37.7. The highest BCUT2D eigenvalue weighted by Gasteiger charge is 2.48. The molecule has 0 aliphatic carbocycles. The first kappa shape index (κ1) is 54.7. The maximum Gasteiger partial charge on any atom is 0.308 e. The Labute approximate surface area is 409 Å². The second-order valence-electron chi connectivity index (χ2n) is 18.7. The van der Waals surface area contributed by atoms with Crippen LogP contribution in [0.4, 0.5) is 0 Å². The number of esters is 1. The summed E-state index contributed by atoms with van der Waals surface area (Å²) in [7, 11) is 6.50. The maximum atomic E-state index is 14.1. The van der Waals surface area contributed by atoms with Crippen LogP contribution in [-0.4, -0.2) is 183 Å². The number of nitrogens with zero attached hydrogens (tertiary/aromatic N) is 4. The molecule has 0 saturated carbocycles. The molecule has 6 heterocycles. The van der Waals surface area contributed by atoms with Crippen LogP contribution in [0.25, 0.3) is 10.6 Å². The average molecular weight is 989 g/mol. The van der Waals surface area contributed by atoms with Gasteiger partial charge in [0.25, 0.3) is 0 Å². The number of aliphatic hydroxyl groups is 3. The van der Waals surface area contributed by atoms with Gasteiger partial charge in [0, 0.05) is 55.9 Å². The van der Waals surface area contributed by atoms with E-state index in [2.05, 4.69) is 15.1 Å². The molecule has 4 aliphatic heterocycles. The van der Waals surface area contributed by atoms with E-state index in [1.54, 1.807) is 63.6 Å². The number of ether oxygens (including phenoxy) is 9. The van der Waals surface area contributed by atoms with Gasteiger partial charge in [0.2, 0.25) is 0 Å². The molecule has 1 unspecified atom stereocenters. The molecule has 2 aromatic rings. The van der Waals surface area contributed by atoms with Crippen LogP contribution in [0.1, 0.15) is 58.8 Å². The number of methoxy groups -OCH3 is 2. The third-order valence-electron chi connectivity index (χ3n) is 13.3. The number of hydrogen-bond acceptors (Lipinski definition) is 20. The molecule has 6 rings (SSSR count). The summed E-state index contributed by atoms with van der Waals surface area (Å²) in [6, 6.07) is 3.18. The summed E-state index contributed by atoms with van der Waals surface area (Å²) >= 11 is 1.51. The van der Waals surface area contributed by atoms with Gasteiger partial charge in [-0.3, -0.25) is 19.6 Å². The summed E-state index contributed by atoms with van der Waals surface area (Å²) in [5, 5.41) is 37.9. The highest BCUT2D eigenvalue weighted by Crippen LogP contribution is 2.36. The Bertz CT molecular complexity index is 2020.